The van der Waals surface area contributed by atoms with E-state index >= 15 is 0 Å². The van der Waals surface area contributed by atoms with E-state index in [-0.39, 0.29) is 24.0 Å². The van der Waals surface area contributed by atoms with Crippen molar-refractivity contribution in [2.24, 2.45) is 17.5 Å². The second kappa shape index (κ2) is 12.1. The Bertz CT molecular complexity index is 635. The van der Waals surface area contributed by atoms with Gasteiger partial charge in [-0.25, -0.2) is 4.99 Å². The normalized spacial score (nSPS) is 19.1. The summed E-state index contributed by atoms with van der Waals surface area (Å²) in [5, 5.41) is 15.6. The summed E-state index contributed by atoms with van der Waals surface area (Å²) in [4.78, 5) is 7.37. The van der Waals surface area contributed by atoms with Crippen LogP contribution in [0, 0.1) is 12.3 Å². The minimum atomic E-state index is 0. The molecule has 0 bridgehead atoms. The summed E-state index contributed by atoms with van der Waals surface area (Å²) in [7, 11) is 1.99. The molecule has 1 aromatic heterocycles. The third-order valence-electron chi connectivity index (χ3n) is 5.68. The Morgan fingerprint density at radius 2 is 2.03 bits per heavy atom. The molecule has 2 atom stereocenters. The molecule has 0 saturated carbocycles. The molecule has 8 heteroatoms. The van der Waals surface area contributed by atoms with E-state index < -0.39 is 0 Å². The Morgan fingerprint density at radius 1 is 1.31 bits per heavy atom. The van der Waals surface area contributed by atoms with E-state index in [2.05, 4.69) is 60.3 Å². The number of aromatic nitrogens is 3. The Morgan fingerprint density at radius 3 is 2.62 bits per heavy atom. The number of halogens is 1. The average molecular weight is 520 g/mol. The van der Waals surface area contributed by atoms with Crippen molar-refractivity contribution in [2.45, 2.75) is 85.9 Å². The number of nitrogens with zero attached hydrogens (tertiary/aromatic N) is 5. The van der Waals surface area contributed by atoms with Gasteiger partial charge in [0.25, 0.3) is 0 Å². The van der Waals surface area contributed by atoms with Crippen molar-refractivity contribution in [3.05, 3.63) is 11.6 Å². The minimum Gasteiger partial charge on any atom is -0.355 e. The molecule has 1 aromatic rings. The van der Waals surface area contributed by atoms with E-state index in [1.807, 2.05) is 18.5 Å². The number of aryl methyl sites for hydroxylation is 1. The maximum Gasteiger partial charge on any atom is 0.191 e. The van der Waals surface area contributed by atoms with E-state index in [9.17, 15) is 0 Å². The molecule has 1 fully saturated rings. The second-order valence-corrected chi connectivity index (χ2v) is 9.34. The van der Waals surface area contributed by atoms with Gasteiger partial charge in [0, 0.05) is 25.7 Å². The molecule has 2 unspecified atom stereocenters. The van der Waals surface area contributed by atoms with Crippen LogP contribution in [0.15, 0.2) is 4.99 Å². The lowest BCUT2D eigenvalue weighted by Crippen LogP contribution is -2.47. The first-order valence-corrected chi connectivity index (χ1v) is 10.8. The van der Waals surface area contributed by atoms with E-state index in [1.165, 1.54) is 25.8 Å². The fourth-order valence-corrected chi connectivity index (χ4v) is 3.60. The zero-order valence-corrected chi connectivity index (χ0v) is 21.8. The highest BCUT2D eigenvalue weighted by atomic mass is 127. The summed E-state index contributed by atoms with van der Waals surface area (Å²) in [5.41, 5.74) is 0.350. The summed E-state index contributed by atoms with van der Waals surface area (Å²) in [5.74, 6) is 2.68. The Hall–Kier alpha value is -0.900. The van der Waals surface area contributed by atoms with E-state index in [1.54, 1.807) is 0 Å². The fourth-order valence-electron chi connectivity index (χ4n) is 3.60. The van der Waals surface area contributed by atoms with E-state index in [0.717, 1.165) is 37.1 Å². The highest BCUT2D eigenvalue weighted by Crippen LogP contribution is 2.21. The van der Waals surface area contributed by atoms with Crippen LogP contribution in [-0.4, -0.2) is 57.3 Å². The van der Waals surface area contributed by atoms with Crippen molar-refractivity contribution in [3.8, 4) is 0 Å². The Kier molecular flexibility index (Phi) is 10.9. The standard InChI is InChI=1S/C21H41N7.HI/c1-8-28-13-9-10-18(28)14-22-20(24-16(2)11-12-21(4,5)6)23-15-19-26-25-17(3)27(19)7;/h16,18H,8-15H2,1-7H3,(H2,22,23,24);1H. The lowest BCUT2D eigenvalue weighted by atomic mass is 9.89. The van der Waals surface area contributed by atoms with Gasteiger partial charge < -0.3 is 15.2 Å². The summed E-state index contributed by atoms with van der Waals surface area (Å²) in [6, 6.07) is 0.969. The molecule has 168 valence electrons. The molecular weight excluding hydrogens is 477 g/mol. The Balaban J connectivity index is 0.00000420. The molecule has 2 N–H and O–H groups in total. The number of likely N-dealkylation sites (tertiary alicyclic amines) is 1. The van der Waals surface area contributed by atoms with Crippen molar-refractivity contribution in [2.75, 3.05) is 19.6 Å². The number of rotatable bonds is 8. The largest absolute Gasteiger partial charge is 0.355 e. The first kappa shape index (κ1) is 26.1. The van der Waals surface area contributed by atoms with Crippen molar-refractivity contribution < 1.29 is 0 Å². The topological polar surface area (TPSA) is 70.4 Å². The SMILES string of the molecule is CCN1CCCC1CNC(=NCc1nnc(C)n1C)NC(C)CCC(C)(C)C.I. The van der Waals surface area contributed by atoms with Crippen LogP contribution < -0.4 is 10.6 Å². The maximum atomic E-state index is 4.82. The fraction of sp³-hybridized carbons (Fsp3) is 0.857. The molecular formula is C21H42IN7. The number of hydrogen-bond acceptors (Lipinski definition) is 4. The van der Waals surface area contributed by atoms with Gasteiger partial charge >= 0.3 is 0 Å². The monoisotopic (exact) mass is 519 g/mol. The molecule has 7 nitrogen and oxygen atoms in total. The van der Waals surface area contributed by atoms with Crippen LogP contribution in [0.5, 0.6) is 0 Å². The molecule has 0 aromatic carbocycles. The number of aliphatic imine (C=N–C) groups is 1. The smallest absolute Gasteiger partial charge is 0.191 e. The highest BCUT2D eigenvalue weighted by molar-refractivity contribution is 14.0. The van der Waals surface area contributed by atoms with E-state index in [4.69, 9.17) is 4.99 Å². The number of nitrogens with one attached hydrogen (secondary N) is 2. The summed E-state index contributed by atoms with van der Waals surface area (Å²) >= 11 is 0. The van der Waals surface area contributed by atoms with Gasteiger partial charge in [-0.15, -0.1) is 34.2 Å². The summed E-state index contributed by atoms with van der Waals surface area (Å²) in [6.45, 7) is 17.1. The predicted octanol–water partition coefficient (Wildman–Crippen LogP) is 3.48. The number of hydrogen-bond donors (Lipinski definition) is 2. The third kappa shape index (κ3) is 8.78. The first-order chi connectivity index (χ1) is 13.2. The van der Waals surface area contributed by atoms with Crippen LogP contribution in [0.3, 0.4) is 0 Å². The molecule has 0 radical (unpaired) electrons. The molecule has 29 heavy (non-hydrogen) atoms. The van der Waals surface area contributed by atoms with Gasteiger partial charge in [-0.2, -0.15) is 0 Å². The van der Waals surface area contributed by atoms with Gasteiger partial charge in [0.05, 0.1) is 0 Å². The van der Waals surface area contributed by atoms with Crippen LogP contribution in [0.4, 0.5) is 0 Å². The molecule has 1 saturated heterocycles. The van der Waals surface area contributed by atoms with Crippen molar-refractivity contribution in [3.63, 3.8) is 0 Å². The lowest BCUT2D eigenvalue weighted by molar-refractivity contribution is 0.266. The molecule has 0 spiro atoms. The minimum absolute atomic E-state index is 0. The van der Waals surface area contributed by atoms with Crippen LogP contribution in [0.1, 0.15) is 72.0 Å². The van der Waals surface area contributed by atoms with Crippen molar-refractivity contribution in [1.29, 1.82) is 0 Å². The molecule has 0 aliphatic carbocycles. The van der Waals surface area contributed by atoms with Gasteiger partial charge in [0.2, 0.25) is 0 Å². The zero-order chi connectivity index (χ0) is 20.7. The molecule has 1 aliphatic rings. The zero-order valence-electron chi connectivity index (χ0n) is 19.5. The molecule has 0 amide bonds. The molecule has 2 rings (SSSR count). The quantitative estimate of drug-likeness (QED) is 0.313. The lowest BCUT2D eigenvalue weighted by Gasteiger charge is -2.26. The van der Waals surface area contributed by atoms with Gasteiger partial charge in [-0.1, -0.05) is 27.7 Å². The van der Waals surface area contributed by atoms with E-state index in [0.29, 0.717) is 24.0 Å². The van der Waals surface area contributed by atoms with Crippen molar-refractivity contribution in [1.82, 2.24) is 30.3 Å². The number of guanidine groups is 1. The Labute approximate surface area is 194 Å². The summed E-state index contributed by atoms with van der Waals surface area (Å²) < 4.78 is 2.00. The predicted molar refractivity (Wildman–Crippen MR) is 132 cm³/mol. The molecule has 2 heterocycles. The first-order valence-electron chi connectivity index (χ1n) is 10.8. The van der Waals surface area contributed by atoms with Gasteiger partial charge in [0.15, 0.2) is 11.8 Å². The second-order valence-electron chi connectivity index (χ2n) is 9.34. The van der Waals surface area contributed by atoms with Gasteiger partial charge in [0.1, 0.15) is 12.4 Å². The van der Waals surface area contributed by atoms with Crippen LogP contribution in [-0.2, 0) is 13.6 Å². The maximum absolute atomic E-state index is 4.82. The van der Waals surface area contributed by atoms with Crippen LogP contribution in [0.25, 0.3) is 0 Å². The van der Waals surface area contributed by atoms with Gasteiger partial charge in [-0.3, -0.25) is 4.90 Å². The van der Waals surface area contributed by atoms with Crippen molar-refractivity contribution >= 4 is 29.9 Å². The summed E-state index contributed by atoms with van der Waals surface area (Å²) in [6.07, 6.45) is 4.86. The van der Waals surface area contributed by atoms with Crippen LogP contribution in [0.2, 0.25) is 0 Å². The third-order valence-corrected chi connectivity index (χ3v) is 5.68. The van der Waals surface area contributed by atoms with Gasteiger partial charge in [-0.05, 0) is 58.0 Å². The average Bonchev–Trinajstić information content (AvgIpc) is 3.22. The highest BCUT2D eigenvalue weighted by Gasteiger charge is 2.23. The van der Waals surface area contributed by atoms with Crippen LogP contribution >= 0.6 is 24.0 Å². The molecule has 1 aliphatic heterocycles. The number of likely N-dealkylation sites (N-methyl/N-ethyl adjacent to an activating group) is 1.